The first-order valence-electron chi connectivity index (χ1n) is 14.8. The smallest absolute Gasteiger partial charge is 0.262 e. The van der Waals surface area contributed by atoms with Crippen LogP contribution in [0.2, 0.25) is 0 Å². The summed E-state index contributed by atoms with van der Waals surface area (Å²) in [6.45, 7) is 5.66. The molecule has 0 fully saturated rings. The highest BCUT2D eigenvalue weighted by atomic mass is 79.9. The molecule has 5 nitrogen and oxygen atoms in total. The lowest BCUT2D eigenvalue weighted by molar-refractivity contribution is -0.683. The number of para-hydroxylation sites is 3. The number of hydrogen-bond acceptors (Lipinski definition) is 4. The van der Waals surface area contributed by atoms with Gasteiger partial charge in [0.05, 0.1) is 17.2 Å². The van der Waals surface area contributed by atoms with Gasteiger partial charge in [0.2, 0.25) is 5.51 Å². The van der Waals surface area contributed by atoms with Crippen LogP contribution < -0.4 is 36.3 Å². The van der Waals surface area contributed by atoms with Crippen LogP contribution in [0.3, 0.4) is 0 Å². The molecule has 0 aliphatic heterocycles. The molecule has 1 amide bonds. The van der Waals surface area contributed by atoms with E-state index in [0.717, 1.165) is 17.7 Å². The van der Waals surface area contributed by atoms with E-state index in [-0.39, 0.29) is 29.5 Å². The number of anilines is 1. The second-order valence-electron chi connectivity index (χ2n) is 10.3. The highest BCUT2D eigenvalue weighted by Crippen LogP contribution is 2.27. The van der Waals surface area contributed by atoms with Crippen LogP contribution in [0.4, 0.5) is 5.69 Å². The van der Waals surface area contributed by atoms with Crippen LogP contribution in [0.25, 0.3) is 0 Å². The first-order chi connectivity index (χ1) is 19.2. The zero-order chi connectivity index (χ0) is 27.5. The number of thiazole rings is 1. The molecule has 0 unspecified atom stereocenters. The summed E-state index contributed by atoms with van der Waals surface area (Å²) in [6.07, 6.45) is 18.0. The number of benzene rings is 2. The van der Waals surface area contributed by atoms with Crippen molar-refractivity contribution < 1.29 is 35.8 Å². The number of aryl methyl sites for hydroxylation is 1. The van der Waals surface area contributed by atoms with Gasteiger partial charge in [0.1, 0.15) is 0 Å². The normalized spacial score (nSPS) is 10.7. The van der Waals surface area contributed by atoms with Gasteiger partial charge < -0.3 is 31.8 Å². The summed E-state index contributed by atoms with van der Waals surface area (Å²) < 4.78 is 14.0. The van der Waals surface area contributed by atoms with E-state index < -0.39 is 0 Å². The number of nitrogens with one attached hydrogen (secondary N) is 1. The van der Waals surface area contributed by atoms with E-state index in [2.05, 4.69) is 35.4 Å². The fourth-order valence-corrected chi connectivity index (χ4v) is 5.28. The predicted molar refractivity (Wildman–Crippen MR) is 162 cm³/mol. The number of carbonyl (C=O) groups is 1. The number of nitrogens with zero attached hydrogens (tertiary/aromatic N) is 1. The molecule has 0 saturated carbocycles. The molecule has 3 rings (SSSR count). The Labute approximate surface area is 256 Å². The summed E-state index contributed by atoms with van der Waals surface area (Å²) in [5.41, 5.74) is 3.95. The van der Waals surface area contributed by atoms with Crippen LogP contribution in [0.5, 0.6) is 11.5 Å². The van der Waals surface area contributed by atoms with E-state index >= 15 is 0 Å². The number of halogens is 1. The van der Waals surface area contributed by atoms with Gasteiger partial charge in [-0.05, 0) is 31.5 Å². The second kappa shape index (κ2) is 20.5. The molecule has 3 aromatic rings. The van der Waals surface area contributed by atoms with Crippen molar-refractivity contribution in [1.29, 1.82) is 0 Å². The molecular weight excluding hydrogens is 584 g/mol. The molecule has 0 bridgehead atoms. The Kier molecular flexibility index (Phi) is 17.3. The quantitative estimate of drug-likeness (QED) is 0.133. The van der Waals surface area contributed by atoms with Gasteiger partial charge in [-0.25, -0.2) is 0 Å². The van der Waals surface area contributed by atoms with Crippen molar-refractivity contribution in [3.05, 3.63) is 70.7 Å². The third kappa shape index (κ3) is 13.3. The molecule has 40 heavy (non-hydrogen) atoms. The lowest BCUT2D eigenvalue weighted by Gasteiger charge is -2.13. The van der Waals surface area contributed by atoms with Gasteiger partial charge >= 0.3 is 0 Å². The Morgan fingerprint density at radius 3 is 2.00 bits per heavy atom. The van der Waals surface area contributed by atoms with Gasteiger partial charge in [0.15, 0.2) is 30.8 Å². The molecule has 0 atom stereocenters. The number of aromatic nitrogens is 1. The summed E-state index contributed by atoms with van der Waals surface area (Å²) >= 11 is 1.71. The number of carbonyl (C=O) groups excluding carboxylic acids is 1. The standard InChI is InChI=1S/C33H46N2O3S.BrH/c1-3-4-5-6-7-8-9-10-11-12-13-18-23-37-31-21-16-17-22-32(31)38-26-33(36)34-30-20-15-14-19-29(30)25-35-24-28(2)39-27-35;/h14-17,19-22,24,27H,3-13,18,23,25-26H2,1-2H3;1H. The van der Waals surface area contributed by atoms with E-state index in [4.69, 9.17) is 9.47 Å². The molecule has 0 spiro atoms. The van der Waals surface area contributed by atoms with Crippen LogP contribution in [0.1, 0.15) is 94.4 Å². The van der Waals surface area contributed by atoms with Gasteiger partial charge in [-0.1, -0.05) is 119 Å². The second-order valence-corrected chi connectivity index (χ2v) is 11.4. The van der Waals surface area contributed by atoms with E-state index in [0.29, 0.717) is 24.7 Å². The Balaban J connectivity index is 0.00000560. The van der Waals surface area contributed by atoms with Gasteiger partial charge in [-0.15, -0.1) is 0 Å². The zero-order valence-electron chi connectivity index (χ0n) is 24.3. The molecule has 1 heterocycles. The van der Waals surface area contributed by atoms with Crippen molar-refractivity contribution in [2.24, 2.45) is 0 Å². The van der Waals surface area contributed by atoms with Crippen LogP contribution >= 0.6 is 11.3 Å². The average Bonchev–Trinajstić information content (AvgIpc) is 3.36. The topological polar surface area (TPSA) is 51.4 Å². The summed E-state index contributed by atoms with van der Waals surface area (Å²) in [4.78, 5) is 14.0. The van der Waals surface area contributed by atoms with Gasteiger partial charge in [-0.3, -0.25) is 4.79 Å². The largest absolute Gasteiger partial charge is 1.00 e. The van der Waals surface area contributed by atoms with Gasteiger partial charge in [0, 0.05) is 5.56 Å². The summed E-state index contributed by atoms with van der Waals surface area (Å²) in [7, 11) is 0. The van der Waals surface area contributed by atoms with Crippen molar-refractivity contribution in [2.45, 2.75) is 97.4 Å². The van der Waals surface area contributed by atoms with Crippen molar-refractivity contribution >= 4 is 22.9 Å². The van der Waals surface area contributed by atoms with Crippen molar-refractivity contribution in [1.82, 2.24) is 0 Å². The molecule has 220 valence electrons. The maximum Gasteiger partial charge on any atom is 0.262 e. The van der Waals surface area contributed by atoms with Gasteiger partial charge in [-0.2, -0.15) is 4.57 Å². The lowest BCUT2D eigenvalue weighted by atomic mass is 10.1. The Morgan fingerprint density at radius 1 is 0.800 bits per heavy atom. The number of hydrogen-bond donors (Lipinski definition) is 1. The van der Waals surface area contributed by atoms with E-state index in [1.54, 1.807) is 11.3 Å². The van der Waals surface area contributed by atoms with Crippen molar-refractivity contribution in [3.8, 4) is 11.5 Å². The first-order valence-corrected chi connectivity index (χ1v) is 15.7. The summed E-state index contributed by atoms with van der Waals surface area (Å²) in [5, 5.41) is 3.01. The molecule has 1 N–H and O–H groups in total. The predicted octanol–water partition coefficient (Wildman–Crippen LogP) is 5.49. The highest BCUT2D eigenvalue weighted by Gasteiger charge is 2.13. The highest BCUT2D eigenvalue weighted by molar-refractivity contribution is 7.09. The monoisotopic (exact) mass is 630 g/mol. The van der Waals surface area contributed by atoms with Crippen LogP contribution in [0, 0.1) is 6.92 Å². The molecule has 0 saturated heterocycles. The Hall–Kier alpha value is -2.38. The lowest BCUT2D eigenvalue weighted by Crippen LogP contribution is -3.00. The van der Waals surface area contributed by atoms with Crippen LogP contribution in [-0.4, -0.2) is 19.1 Å². The molecule has 0 radical (unpaired) electrons. The zero-order valence-corrected chi connectivity index (χ0v) is 26.7. The maximum absolute atomic E-state index is 12.7. The number of rotatable bonds is 20. The third-order valence-electron chi connectivity index (χ3n) is 6.83. The molecule has 1 aromatic heterocycles. The van der Waals surface area contributed by atoms with Gasteiger partial charge in [0.25, 0.3) is 5.91 Å². The maximum atomic E-state index is 12.7. The van der Waals surface area contributed by atoms with E-state index in [9.17, 15) is 4.79 Å². The molecule has 0 aliphatic carbocycles. The first kappa shape index (κ1) is 33.8. The summed E-state index contributed by atoms with van der Waals surface area (Å²) in [5.74, 6) is 1.10. The summed E-state index contributed by atoms with van der Waals surface area (Å²) in [6, 6.07) is 15.5. The number of amides is 1. The fraction of sp³-hybridized carbons (Fsp3) is 0.515. The number of ether oxygens (including phenoxy) is 2. The fourth-order valence-electron chi connectivity index (χ4n) is 4.65. The molecule has 2 aromatic carbocycles. The minimum atomic E-state index is -0.190. The minimum Gasteiger partial charge on any atom is -1.00 e. The van der Waals surface area contributed by atoms with E-state index in [1.807, 2.05) is 48.5 Å². The van der Waals surface area contributed by atoms with E-state index in [1.165, 1.54) is 75.5 Å². The third-order valence-corrected chi connectivity index (χ3v) is 7.68. The Bertz CT molecular complexity index is 1100. The number of unbranched alkanes of at least 4 members (excludes halogenated alkanes) is 11. The van der Waals surface area contributed by atoms with Crippen LogP contribution in [-0.2, 0) is 11.3 Å². The van der Waals surface area contributed by atoms with Crippen molar-refractivity contribution in [3.63, 3.8) is 0 Å². The van der Waals surface area contributed by atoms with Crippen molar-refractivity contribution in [2.75, 3.05) is 18.5 Å². The average molecular weight is 632 g/mol. The SMILES string of the molecule is CCCCCCCCCCCCCCOc1ccccc1OCC(=O)Nc1ccccc1C[n+]1csc(C)c1.[Br-]. The van der Waals surface area contributed by atoms with Crippen LogP contribution in [0.15, 0.2) is 60.2 Å². The Morgan fingerprint density at radius 2 is 1.38 bits per heavy atom. The molecular formula is C33H47BrN2O3S. The molecule has 7 heteroatoms. The minimum absolute atomic E-state index is 0. The molecule has 0 aliphatic rings.